The molecule has 0 aliphatic carbocycles. The predicted octanol–water partition coefficient (Wildman–Crippen LogP) is 5.01. The highest BCUT2D eigenvalue weighted by atomic mass is 32.2. The fourth-order valence-corrected chi connectivity index (χ4v) is 4.96. The van der Waals surface area contributed by atoms with Crippen LogP contribution in [-0.4, -0.2) is 31.6 Å². The van der Waals surface area contributed by atoms with Crippen LogP contribution in [0.15, 0.2) is 53.4 Å². The normalized spacial score (nSPS) is 17.0. The number of carbonyl (C=O) groups excluding carboxylic acids is 1. The molecule has 3 rings (SSSR count). The van der Waals surface area contributed by atoms with Crippen molar-refractivity contribution in [1.82, 2.24) is 4.31 Å². The molecule has 1 aliphatic heterocycles. The average molecular weight is 465 g/mol. The Labute approximate surface area is 174 Å². The van der Waals surface area contributed by atoms with Gasteiger partial charge in [0.25, 0.3) is 0 Å². The first-order valence-corrected chi connectivity index (χ1v) is 10.6. The lowest BCUT2D eigenvalue weighted by molar-refractivity contribution is -0.143. The smallest absolute Gasteiger partial charge is 0.294 e. The maximum Gasteiger partial charge on any atom is 0.416 e. The lowest BCUT2D eigenvalue weighted by Crippen LogP contribution is -2.40. The van der Waals surface area contributed by atoms with Gasteiger partial charge in [-0.25, -0.2) is 8.42 Å². The van der Waals surface area contributed by atoms with Crippen molar-refractivity contribution >= 4 is 15.8 Å². The molecule has 1 saturated heterocycles. The second kappa shape index (κ2) is 8.27. The van der Waals surface area contributed by atoms with E-state index in [2.05, 4.69) is 0 Å². The molecule has 2 aromatic rings. The monoisotopic (exact) mass is 465 g/mol. The van der Waals surface area contributed by atoms with Gasteiger partial charge in [-0.1, -0.05) is 30.3 Å². The first-order valence-electron chi connectivity index (χ1n) is 9.19. The number of halogens is 6. The maximum atomic E-state index is 13.1. The second-order valence-electron chi connectivity index (χ2n) is 7.15. The fourth-order valence-electron chi connectivity index (χ4n) is 3.42. The van der Waals surface area contributed by atoms with Crippen LogP contribution in [0.3, 0.4) is 0 Å². The van der Waals surface area contributed by atoms with E-state index in [4.69, 9.17) is 0 Å². The average Bonchev–Trinajstić information content (AvgIpc) is 2.72. The Bertz CT molecular complexity index is 1020. The zero-order valence-electron chi connectivity index (χ0n) is 15.9. The molecule has 0 spiro atoms. The summed E-state index contributed by atoms with van der Waals surface area (Å²) in [5.74, 6) is -0.669. The van der Waals surface area contributed by atoms with Gasteiger partial charge >= 0.3 is 12.4 Å². The summed E-state index contributed by atoms with van der Waals surface area (Å²) < 4.78 is 105. The van der Waals surface area contributed by atoms with E-state index in [0.717, 1.165) is 4.31 Å². The molecule has 0 aromatic heterocycles. The van der Waals surface area contributed by atoms with E-state index in [1.54, 1.807) is 30.3 Å². The molecule has 0 radical (unpaired) electrons. The molecule has 1 fully saturated rings. The number of hydrogen-bond acceptors (Lipinski definition) is 3. The Kier molecular flexibility index (Phi) is 6.21. The van der Waals surface area contributed by atoms with Gasteiger partial charge in [-0.05, 0) is 31.0 Å². The van der Waals surface area contributed by atoms with Crippen LogP contribution in [0, 0.1) is 5.92 Å². The maximum absolute atomic E-state index is 13.1. The van der Waals surface area contributed by atoms with Crippen molar-refractivity contribution < 1.29 is 39.6 Å². The number of sulfonamides is 1. The molecular formula is C20H17F6NO3S. The van der Waals surface area contributed by atoms with Crippen molar-refractivity contribution in [1.29, 1.82) is 0 Å². The van der Waals surface area contributed by atoms with Crippen LogP contribution in [0.1, 0.15) is 34.3 Å². The number of nitrogens with zero attached hydrogens (tertiary/aromatic N) is 1. The molecule has 0 atom stereocenters. The van der Waals surface area contributed by atoms with Gasteiger partial charge in [0.1, 0.15) is 0 Å². The molecule has 0 unspecified atom stereocenters. The number of ketones is 1. The number of hydrogen-bond donors (Lipinski definition) is 0. The highest BCUT2D eigenvalue weighted by Gasteiger charge is 2.40. The number of piperidine rings is 1. The van der Waals surface area contributed by atoms with E-state index in [9.17, 15) is 39.6 Å². The van der Waals surface area contributed by atoms with Crippen LogP contribution in [0.25, 0.3) is 0 Å². The van der Waals surface area contributed by atoms with Crippen molar-refractivity contribution in [2.24, 2.45) is 5.92 Å². The molecule has 0 N–H and O–H groups in total. The summed E-state index contributed by atoms with van der Waals surface area (Å²) in [4.78, 5) is 11.4. The van der Waals surface area contributed by atoms with Crippen LogP contribution in [0.4, 0.5) is 26.3 Å². The Hall–Kier alpha value is -2.40. The van der Waals surface area contributed by atoms with Crippen molar-refractivity contribution in [2.45, 2.75) is 30.1 Å². The SMILES string of the molecule is O=C(c1ccccc1)C1CCN(S(=O)(=O)c2cc(C(F)(F)F)cc(C(F)(F)F)c2)CC1. The zero-order valence-corrected chi connectivity index (χ0v) is 16.7. The summed E-state index contributed by atoms with van der Waals surface area (Å²) in [5.41, 5.74) is -2.94. The first-order chi connectivity index (χ1) is 14.3. The van der Waals surface area contributed by atoms with Gasteiger partial charge in [0.2, 0.25) is 10.0 Å². The van der Waals surface area contributed by atoms with E-state index in [0.29, 0.717) is 5.56 Å². The third-order valence-corrected chi connectivity index (χ3v) is 6.96. The second-order valence-corrected chi connectivity index (χ2v) is 9.09. The number of benzene rings is 2. The number of alkyl halides is 6. The van der Waals surface area contributed by atoms with Crippen LogP contribution in [0.5, 0.6) is 0 Å². The Morgan fingerprint density at radius 3 is 1.77 bits per heavy atom. The predicted molar refractivity (Wildman–Crippen MR) is 98.7 cm³/mol. The van der Waals surface area contributed by atoms with E-state index < -0.39 is 44.3 Å². The highest BCUT2D eigenvalue weighted by Crippen LogP contribution is 2.38. The summed E-state index contributed by atoms with van der Waals surface area (Å²) >= 11 is 0. The summed E-state index contributed by atoms with van der Waals surface area (Å²) in [6, 6.07) is 8.61. The minimum Gasteiger partial charge on any atom is -0.294 e. The van der Waals surface area contributed by atoms with Gasteiger partial charge in [-0.2, -0.15) is 30.6 Å². The van der Waals surface area contributed by atoms with Crippen molar-refractivity contribution in [3.8, 4) is 0 Å². The third kappa shape index (κ3) is 5.09. The lowest BCUT2D eigenvalue weighted by atomic mass is 9.90. The molecule has 1 aliphatic rings. The molecular weight excluding hydrogens is 448 g/mol. The molecule has 11 heteroatoms. The first kappa shape index (κ1) is 23.3. The molecule has 31 heavy (non-hydrogen) atoms. The van der Waals surface area contributed by atoms with Gasteiger partial charge < -0.3 is 0 Å². The molecule has 2 aromatic carbocycles. The van der Waals surface area contributed by atoms with Crippen LogP contribution in [0.2, 0.25) is 0 Å². The molecule has 0 bridgehead atoms. The summed E-state index contributed by atoms with van der Waals surface area (Å²) in [7, 11) is -4.62. The van der Waals surface area contributed by atoms with Gasteiger partial charge in [0.15, 0.2) is 5.78 Å². The van der Waals surface area contributed by atoms with Crippen LogP contribution in [-0.2, 0) is 22.4 Å². The van der Waals surface area contributed by atoms with Gasteiger partial charge in [0.05, 0.1) is 16.0 Å². The molecule has 0 amide bonds. The van der Waals surface area contributed by atoms with Crippen LogP contribution >= 0.6 is 0 Å². The standard InChI is InChI=1S/C20H17F6NO3S/c21-19(22,23)15-10-16(20(24,25)26)12-17(11-15)31(29,30)27-8-6-14(7-9-27)18(28)13-4-2-1-3-5-13/h1-5,10-12,14H,6-9H2. The van der Waals surface area contributed by atoms with Crippen molar-refractivity contribution in [3.05, 3.63) is 65.2 Å². The summed E-state index contributed by atoms with van der Waals surface area (Å²) in [6.45, 7) is -0.383. The van der Waals surface area contributed by atoms with Crippen molar-refractivity contribution in [2.75, 3.05) is 13.1 Å². The highest BCUT2D eigenvalue weighted by molar-refractivity contribution is 7.89. The minimum atomic E-state index is -5.15. The Morgan fingerprint density at radius 2 is 1.32 bits per heavy atom. The van der Waals surface area contributed by atoms with Crippen LogP contribution < -0.4 is 0 Å². The molecule has 4 nitrogen and oxygen atoms in total. The van der Waals surface area contributed by atoms with Gasteiger partial charge in [-0.3, -0.25) is 4.79 Å². The number of Topliss-reactive ketones (excluding diaryl/α,β-unsaturated/α-hetero) is 1. The summed E-state index contributed by atoms with van der Waals surface area (Å²) in [6.07, 6.45) is -10.1. The number of carbonyl (C=O) groups is 1. The summed E-state index contributed by atoms with van der Waals surface area (Å²) in [5, 5.41) is 0. The van der Waals surface area contributed by atoms with E-state index >= 15 is 0 Å². The largest absolute Gasteiger partial charge is 0.416 e. The Morgan fingerprint density at radius 1 is 0.839 bits per heavy atom. The van der Waals surface area contributed by atoms with E-state index in [1.165, 1.54) is 0 Å². The molecule has 0 saturated carbocycles. The minimum absolute atomic E-state index is 0.109. The van der Waals surface area contributed by atoms with E-state index in [-0.39, 0.29) is 49.9 Å². The molecule has 168 valence electrons. The number of rotatable bonds is 4. The topological polar surface area (TPSA) is 54.5 Å². The zero-order chi connectivity index (χ0) is 23.0. The van der Waals surface area contributed by atoms with Gasteiger partial charge in [0, 0.05) is 24.6 Å². The van der Waals surface area contributed by atoms with E-state index in [1.807, 2.05) is 0 Å². The van der Waals surface area contributed by atoms with Gasteiger partial charge in [-0.15, -0.1) is 0 Å². The van der Waals surface area contributed by atoms with Crippen molar-refractivity contribution in [3.63, 3.8) is 0 Å². The molecule has 1 heterocycles. The quantitative estimate of drug-likeness (QED) is 0.471. The fraction of sp³-hybridized carbons (Fsp3) is 0.350. The Balaban J connectivity index is 1.85. The lowest BCUT2D eigenvalue weighted by Gasteiger charge is -2.31. The third-order valence-electron chi connectivity index (χ3n) is 5.08.